The van der Waals surface area contributed by atoms with Crippen LogP contribution in [0.5, 0.6) is 0 Å². The van der Waals surface area contributed by atoms with Gasteiger partial charge in [0, 0.05) is 16.8 Å². The number of halogens is 1. The van der Waals surface area contributed by atoms with Crippen LogP contribution in [-0.2, 0) is 10.0 Å². The summed E-state index contributed by atoms with van der Waals surface area (Å²) in [5.41, 5.74) is 0. The second kappa shape index (κ2) is 4.68. The van der Waals surface area contributed by atoms with Crippen LogP contribution in [0.15, 0.2) is 33.6 Å². The van der Waals surface area contributed by atoms with Crippen molar-refractivity contribution in [1.82, 2.24) is 4.31 Å². The summed E-state index contributed by atoms with van der Waals surface area (Å²) >= 11 is 4.96. The number of nitrogens with zero attached hydrogens (tertiary/aromatic N) is 1. The third-order valence-electron chi connectivity index (χ3n) is 2.50. The zero-order valence-electron chi connectivity index (χ0n) is 8.76. The van der Waals surface area contributed by atoms with Gasteiger partial charge in [0.1, 0.15) is 0 Å². The number of benzene rings is 1. The molecule has 0 aliphatic carbocycles. The van der Waals surface area contributed by atoms with Crippen LogP contribution in [0.25, 0.3) is 0 Å². The molecule has 1 saturated heterocycles. The molecule has 1 aromatic rings. The lowest BCUT2D eigenvalue weighted by Gasteiger charge is -2.19. The van der Waals surface area contributed by atoms with Gasteiger partial charge in [0.15, 0.2) is 0 Å². The SMILES string of the molecule is CC1SCCN1S(=O)(=O)c1ccc(Br)cc1. The molecule has 1 atom stereocenters. The van der Waals surface area contributed by atoms with E-state index in [0.29, 0.717) is 11.4 Å². The number of rotatable bonds is 2. The van der Waals surface area contributed by atoms with Crippen molar-refractivity contribution in [2.24, 2.45) is 0 Å². The van der Waals surface area contributed by atoms with Crippen LogP contribution in [0.1, 0.15) is 6.92 Å². The van der Waals surface area contributed by atoms with E-state index >= 15 is 0 Å². The van der Waals surface area contributed by atoms with Gasteiger partial charge >= 0.3 is 0 Å². The molecule has 2 rings (SSSR count). The van der Waals surface area contributed by atoms with E-state index in [1.54, 1.807) is 40.3 Å². The second-order valence-corrected chi connectivity index (χ2v) is 7.77. The van der Waals surface area contributed by atoms with Gasteiger partial charge in [-0.05, 0) is 31.2 Å². The molecule has 0 radical (unpaired) electrons. The molecule has 3 nitrogen and oxygen atoms in total. The molecule has 1 aromatic carbocycles. The number of thioether (sulfide) groups is 1. The highest BCUT2D eigenvalue weighted by atomic mass is 79.9. The minimum atomic E-state index is -3.31. The van der Waals surface area contributed by atoms with Gasteiger partial charge in [-0.15, -0.1) is 11.8 Å². The Hall–Kier alpha value is -0.0400. The smallest absolute Gasteiger partial charge is 0.207 e. The third-order valence-corrected chi connectivity index (χ3v) is 6.30. The maximum Gasteiger partial charge on any atom is 0.244 e. The van der Waals surface area contributed by atoms with Crippen molar-refractivity contribution in [3.63, 3.8) is 0 Å². The Balaban J connectivity index is 2.35. The van der Waals surface area contributed by atoms with Crippen molar-refractivity contribution in [2.45, 2.75) is 17.2 Å². The molecule has 0 aromatic heterocycles. The van der Waals surface area contributed by atoms with Crippen molar-refractivity contribution in [1.29, 1.82) is 0 Å². The van der Waals surface area contributed by atoms with Gasteiger partial charge in [-0.1, -0.05) is 15.9 Å². The minimum absolute atomic E-state index is 0.0358. The molecule has 0 saturated carbocycles. The van der Waals surface area contributed by atoms with Crippen molar-refractivity contribution in [2.75, 3.05) is 12.3 Å². The molecule has 1 aliphatic heterocycles. The van der Waals surface area contributed by atoms with Gasteiger partial charge in [0.25, 0.3) is 0 Å². The summed E-state index contributed by atoms with van der Waals surface area (Å²) in [4.78, 5) is 0.366. The zero-order chi connectivity index (χ0) is 11.8. The molecule has 0 spiro atoms. The number of sulfonamides is 1. The molecular formula is C10H12BrNO2S2. The molecule has 0 bridgehead atoms. The Morgan fingerprint density at radius 2 is 2.00 bits per heavy atom. The Bertz CT molecular complexity index is 472. The molecular weight excluding hydrogens is 310 g/mol. The topological polar surface area (TPSA) is 37.4 Å². The van der Waals surface area contributed by atoms with Crippen molar-refractivity contribution in [3.05, 3.63) is 28.7 Å². The average Bonchev–Trinajstić information content (AvgIpc) is 2.66. The van der Waals surface area contributed by atoms with Gasteiger partial charge < -0.3 is 0 Å². The fraction of sp³-hybridized carbons (Fsp3) is 0.400. The fourth-order valence-corrected chi connectivity index (χ4v) is 4.93. The van der Waals surface area contributed by atoms with E-state index in [9.17, 15) is 8.42 Å². The quantitative estimate of drug-likeness (QED) is 0.840. The molecule has 16 heavy (non-hydrogen) atoms. The Labute approximate surface area is 108 Å². The molecule has 6 heteroatoms. The van der Waals surface area contributed by atoms with E-state index < -0.39 is 10.0 Å². The van der Waals surface area contributed by atoms with Crippen molar-refractivity contribution < 1.29 is 8.42 Å². The summed E-state index contributed by atoms with van der Waals surface area (Å²) in [5, 5.41) is 0.0358. The summed E-state index contributed by atoms with van der Waals surface area (Å²) in [6.45, 7) is 2.53. The predicted octanol–water partition coefficient (Wildman–Crippen LogP) is 2.53. The highest BCUT2D eigenvalue weighted by Crippen LogP contribution is 2.29. The van der Waals surface area contributed by atoms with Crippen LogP contribution in [0, 0.1) is 0 Å². The molecule has 1 heterocycles. The number of hydrogen-bond acceptors (Lipinski definition) is 3. The monoisotopic (exact) mass is 321 g/mol. The van der Waals surface area contributed by atoms with Crippen LogP contribution in [-0.4, -0.2) is 30.4 Å². The fourth-order valence-electron chi connectivity index (χ4n) is 1.64. The Kier molecular flexibility index (Phi) is 3.63. The first-order valence-electron chi connectivity index (χ1n) is 4.91. The van der Waals surface area contributed by atoms with E-state index in [1.165, 1.54) is 0 Å². The van der Waals surface area contributed by atoms with Gasteiger partial charge in [-0.3, -0.25) is 0 Å². The van der Waals surface area contributed by atoms with E-state index in [-0.39, 0.29) is 5.37 Å². The molecule has 1 aliphatic rings. The van der Waals surface area contributed by atoms with Gasteiger partial charge in [0.2, 0.25) is 10.0 Å². The summed E-state index contributed by atoms with van der Waals surface area (Å²) in [6.07, 6.45) is 0. The van der Waals surface area contributed by atoms with Crippen LogP contribution in [0.2, 0.25) is 0 Å². The summed E-state index contributed by atoms with van der Waals surface area (Å²) in [5.74, 6) is 0.872. The second-order valence-electron chi connectivity index (χ2n) is 3.54. The average molecular weight is 322 g/mol. The minimum Gasteiger partial charge on any atom is -0.207 e. The zero-order valence-corrected chi connectivity index (χ0v) is 12.0. The highest BCUT2D eigenvalue weighted by molar-refractivity contribution is 9.10. The highest BCUT2D eigenvalue weighted by Gasteiger charge is 2.32. The Morgan fingerprint density at radius 3 is 2.50 bits per heavy atom. The first-order valence-corrected chi connectivity index (χ1v) is 8.19. The van der Waals surface area contributed by atoms with E-state index in [1.807, 2.05) is 6.92 Å². The van der Waals surface area contributed by atoms with Gasteiger partial charge in [0.05, 0.1) is 10.3 Å². The van der Waals surface area contributed by atoms with E-state index in [4.69, 9.17) is 0 Å². The van der Waals surface area contributed by atoms with Crippen LogP contribution < -0.4 is 0 Å². The first-order chi connectivity index (χ1) is 7.51. The van der Waals surface area contributed by atoms with Crippen LogP contribution >= 0.6 is 27.7 Å². The normalized spacial score (nSPS) is 22.5. The van der Waals surface area contributed by atoms with E-state index in [2.05, 4.69) is 15.9 Å². The maximum absolute atomic E-state index is 12.3. The molecule has 1 unspecified atom stereocenters. The predicted molar refractivity (Wildman–Crippen MR) is 70.0 cm³/mol. The standard InChI is InChI=1S/C10H12BrNO2S2/c1-8-12(6-7-15-8)16(13,14)10-4-2-9(11)3-5-10/h2-5,8H,6-7H2,1H3. The Morgan fingerprint density at radius 1 is 1.38 bits per heavy atom. The van der Waals surface area contributed by atoms with Crippen LogP contribution in [0.4, 0.5) is 0 Å². The lowest BCUT2D eigenvalue weighted by atomic mass is 10.4. The number of hydrogen-bond donors (Lipinski definition) is 0. The first kappa shape index (κ1) is 12.4. The maximum atomic E-state index is 12.3. The summed E-state index contributed by atoms with van der Waals surface area (Å²) in [6, 6.07) is 6.77. The van der Waals surface area contributed by atoms with E-state index in [0.717, 1.165) is 10.2 Å². The lowest BCUT2D eigenvalue weighted by Crippen LogP contribution is -2.33. The van der Waals surface area contributed by atoms with Gasteiger partial charge in [-0.2, -0.15) is 4.31 Å². The van der Waals surface area contributed by atoms with Gasteiger partial charge in [-0.25, -0.2) is 8.42 Å². The largest absolute Gasteiger partial charge is 0.244 e. The van der Waals surface area contributed by atoms with Crippen molar-refractivity contribution >= 4 is 37.7 Å². The third kappa shape index (κ3) is 2.30. The molecule has 0 amide bonds. The lowest BCUT2D eigenvalue weighted by molar-refractivity contribution is 0.442. The molecule has 88 valence electrons. The molecule has 1 fully saturated rings. The van der Waals surface area contributed by atoms with Crippen LogP contribution in [0.3, 0.4) is 0 Å². The molecule has 0 N–H and O–H groups in total. The van der Waals surface area contributed by atoms with Crippen molar-refractivity contribution in [3.8, 4) is 0 Å². The summed E-state index contributed by atoms with van der Waals surface area (Å²) in [7, 11) is -3.31. The summed E-state index contributed by atoms with van der Waals surface area (Å²) < 4.78 is 26.9.